The molecule has 1 atom stereocenters. The Hall–Kier alpha value is -3.48. The maximum atomic E-state index is 12.9. The van der Waals surface area contributed by atoms with Crippen molar-refractivity contribution < 1.29 is 23.5 Å². The molecular weight excluding hydrogens is 408 g/mol. The summed E-state index contributed by atoms with van der Waals surface area (Å²) in [4.78, 5) is 12.9. The number of ether oxygens (including phenoxy) is 3. The fourth-order valence-electron chi connectivity index (χ4n) is 3.29. The first-order chi connectivity index (χ1) is 15.4. The van der Waals surface area contributed by atoms with E-state index < -0.39 is 0 Å². The van der Waals surface area contributed by atoms with Crippen LogP contribution in [0, 0.1) is 13.8 Å². The van der Waals surface area contributed by atoms with Gasteiger partial charge < -0.3 is 24.1 Å². The Bertz CT molecular complexity index is 1040. The third-order valence-corrected chi connectivity index (χ3v) is 5.08. The van der Waals surface area contributed by atoms with Crippen molar-refractivity contribution in [2.24, 2.45) is 0 Å². The van der Waals surface area contributed by atoms with Gasteiger partial charge >= 0.3 is 0 Å². The number of rotatable bonds is 10. The van der Waals surface area contributed by atoms with E-state index in [9.17, 15) is 4.79 Å². The average molecular weight is 439 g/mol. The Kier molecular flexibility index (Phi) is 7.76. The lowest BCUT2D eigenvalue weighted by Gasteiger charge is -2.18. The van der Waals surface area contributed by atoms with Gasteiger partial charge in [0.1, 0.15) is 18.1 Å². The summed E-state index contributed by atoms with van der Waals surface area (Å²) in [5, 5.41) is 6.97. The van der Waals surface area contributed by atoms with Gasteiger partial charge in [0.2, 0.25) is 0 Å². The first-order valence-corrected chi connectivity index (χ1v) is 10.8. The molecule has 1 amide bonds. The molecule has 2 aromatic carbocycles. The second-order valence-electron chi connectivity index (χ2n) is 7.39. The maximum absolute atomic E-state index is 12.9. The zero-order valence-electron chi connectivity index (χ0n) is 19.2. The zero-order chi connectivity index (χ0) is 23.1. The topological polar surface area (TPSA) is 82.8 Å². The quantitative estimate of drug-likeness (QED) is 0.471. The molecule has 3 aromatic rings. The van der Waals surface area contributed by atoms with Crippen molar-refractivity contribution in [3.05, 3.63) is 70.6 Å². The number of nitrogens with one attached hydrogen (secondary N) is 1. The summed E-state index contributed by atoms with van der Waals surface area (Å²) in [5.74, 6) is 2.51. The van der Waals surface area contributed by atoms with Crippen molar-refractivity contribution >= 4 is 5.91 Å². The number of carbonyl (C=O) groups is 1. The SMILES string of the molecule is CCOc1ccc(C(C)NC(=O)c2cccc(OCc3c(C)noc3C)c2)cc1OCC. The highest BCUT2D eigenvalue weighted by atomic mass is 16.5. The molecular formula is C25H30N2O5. The molecule has 1 unspecified atom stereocenters. The van der Waals surface area contributed by atoms with Crippen LogP contribution in [0.2, 0.25) is 0 Å². The number of hydrogen-bond donors (Lipinski definition) is 1. The third-order valence-electron chi connectivity index (χ3n) is 5.08. The zero-order valence-corrected chi connectivity index (χ0v) is 19.2. The molecule has 1 N–H and O–H groups in total. The normalized spacial score (nSPS) is 11.7. The average Bonchev–Trinajstić information content (AvgIpc) is 3.11. The Balaban J connectivity index is 1.67. The maximum Gasteiger partial charge on any atom is 0.251 e. The molecule has 1 aromatic heterocycles. The van der Waals surface area contributed by atoms with Gasteiger partial charge in [0.25, 0.3) is 5.91 Å². The van der Waals surface area contributed by atoms with Crippen molar-refractivity contribution in [3.8, 4) is 17.2 Å². The van der Waals surface area contributed by atoms with Crippen LogP contribution in [0.5, 0.6) is 17.2 Å². The van der Waals surface area contributed by atoms with Crippen molar-refractivity contribution in [1.29, 1.82) is 0 Å². The van der Waals surface area contributed by atoms with Crippen LogP contribution in [0.25, 0.3) is 0 Å². The molecule has 0 spiro atoms. The second kappa shape index (κ2) is 10.7. The van der Waals surface area contributed by atoms with Crippen molar-refractivity contribution in [2.45, 2.75) is 47.3 Å². The van der Waals surface area contributed by atoms with Gasteiger partial charge in [0, 0.05) is 5.56 Å². The number of aryl methyl sites for hydroxylation is 2. The van der Waals surface area contributed by atoms with Gasteiger partial charge in [0.05, 0.1) is 30.5 Å². The molecule has 32 heavy (non-hydrogen) atoms. The number of benzene rings is 2. The Morgan fingerprint density at radius 2 is 1.78 bits per heavy atom. The molecule has 170 valence electrons. The van der Waals surface area contributed by atoms with Crippen LogP contribution in [0.4, 0.5) is 0 Å². The lowest BCUT2D eigenvalue weighted by Crippen LogP contribution is -2.26. The number of aromatic nitrogens is 1. The summed E-state index contributed by atoms with van der Waals surface area (Å²) in [6, 6.07) is 12.6. The Labute approximate surface area is 188 Å². The van der Waals surface area contributed by atoms with E-state index in [-0.39, 0.29) is 11.9 Å². The summed E-state index contributed by atoms with van der Waals surface area (Å²) in [5.41, 5.74) is 3.15. The molecule has 0 saturated carbocycles. The summed E-state index contributed by atoms with van der Waals surface area (Å²) in [6.45, 7) is 10.9. The van der Waals surface area contributed by atoms with E-state index in [0.717, 1.165) is 22.6 Å². The van der Waals surface area contributed by atoms with E-state index in [1.54, 1.807) is 18.2 Å². The molecule has 0 saturated heterocycles. The summed E-state index contributed by atoms with van der Waals surface area (Å²) in [7, 11) is 0. The van der Waals surface area contributed by atoms with Gasteiger partial charge in [-0.1, -0.05) is 17.3 Å². The smallest absolute Gasteiger partial charge is 0.251 e. The largest absolute Gasteiger partial charge is 0.490 e. The Morgan fingerprint density at radius 3 is 2.47 bits per heavy atom. The van der Waals surface area contributed by atoms with Gasteiger partial charge in [-0.15, -0.1) is 0 Å². The lowest BCUT2D eigenvalue weighted by molar-refractivity contribution is 0.0939. The van der Waals surface area contributed by atoms with Gasteiger partial charge in [0.15, 0.2) is 11.5 Å². The summed E-state index contributed by atoms with van der Waals surface area (Å²) >= 11 is 0. The third kappa shape index (κ3) is 5.60. The molecule has 7 heteroatoms. The highest BCUT2D eigenvalue weighted by Gasteiger charge is 2.15. The highest BCUT2D eigenvalue weighted by Crippen LogP contribution is 2.31. The van der Waals surface area contributed by atoms with Crippen LogP contribution in [-0.2, 0) is 6.61 Å². The van der Waals surface area contributed by atoms with Gasteiger partial charge in [-0.3, -0.25) is 4.79 Å². The first-order valence-electron chi connectivity index (χ1n) is 10.8. The molecule has 7 nitrogen and oxygen atoms in total. The fourth-order valence-corrected chi connectivity index (χ4v) is 3.29. The fraction of sp³-hybridized carbons (Fsp3) is 0.360. The van der Waals surface area contributed by atoms with Crippen molar-refractivity contribution in [1.82, 2.24) is 10.5 Å². The van der Waals surface area contributed by atoms with Crippen LogP contribution in [0.15, 0.2) is 47.0 Å². The van der Waals surface area contributed by atoms with Crippen molar-refractivity contribution in [3.63, 3.8) is 0 Å². The minimum atomic E-state index is -0.218. The van der Waals surface area contributed by atoms with E-state index in [2.05, 4.69) is 10.5 Å². The first kappa shape index (κ1) is 23.2. The number of amides is 1. The molecule has 0 aliphatic carbocycles. The Morgan fingerprint density at radius 1 is 1.03 bits per heavy atom. The van der Waals surface area contributed by atoms with Gasteiger partial charge in [-0.25, -0.2) is 0 Å². The molecule has 3 rings (SSSR count). The lowest BCUT2D eigenvalue weighted by atomic mass is 10.1. The van der Waals surface area contributed by atoms with Crippen LogP contribution < -0.4 is 19.5 Å². The van der Waals surface area contributed by atoms with Crippen LogP contribution in [0.3, 0.4) is 0 Å². The van der Waals surface area contributed by atoms with E-state index in [1.807, 2.05) is 58.9 Å². The van der Waals surface area contributed by atoms with E-state index in [0.29, 0.717) is 42.6 Å². The predicted molar refractivity (Wildman–Crippen MR) is 121 cm³/mol. The van der Waals surface area contributed by atoms with Gasteiger partial charge in [-0.2, -0.15) is 0 Å². The minimum Gasteiger partial charge on any atom is -0.490 e. The molecule has 0 fully saturated rings. The van der Waals surface area contributed by atoms with Crippen molar-refractivity contribution in [2.75, 3.05) is 13.2 Å². The molecule has 1 heterocycles. The predicted octanol–water partition coefficient (Wildman–Crippen LogP) is 5.16. The van der Waals surface area contributed by atoms with Crippen LogP contribution in [-0.4, -0.2) is 24.3 Å². The second-order valence-corrected chi connectivity index (χ2v) is 7.39. The van der Waals surface area contributed by atoms with E-state index in [1.165, 1.54) is 0 Å². The number of carbonyl (C=O) groups excluding carboxylic acids is 1. The monoisotopic (exact) mass is 438 g/mol. The summed E-state index contributed by atoms with van der Waals surface area (Å²) in [6.07, 6.45) is 0. The van der Waals surface area contributed by atoms with E-state index in [4.69, 9.17) is 18.7 Å². The van der Waals surface area contributed by atoms with Crippen LogP contribution >= 0.6 is 0 Å². The molecule has 0 aliphatic rings. The molecule has 0 bridgehead atoms. The highest BCUT2D eigenvalue weighted by molar-refractivity contribution is 5.94. The molecule has 0 radical (unpaired) electrons. The minimum absolute atomic E-state index is 0.188. The summed E-state index contributed by atoms with van der Waals surface area (Å²) < 4.78 is 22.3. The molecule has 0 aliphatic heterocycles. The van der Waals surface area contributed by atoms with E-state index >= 15 is 0 Å². The number of nitrogens with zero attached hydrogens (tertiary/aromatic N) is 1. The standard InChI is InChI=1S/C25H30N2O5/c1-6-29-23-12-11-19(14-24(23)30-7-2)16(3)26-25(28)20-9-8-10-21(13-20)31-15-22-17(4)27-32-18(22)5/h8-14,16H,6-7,15H2,1-5H3,(H,26,28). The van der Waals surface area contributed by atoms with Crippen LogP contribution in [0.1, 0.15) is 59.8 Å². The van der Waals surface area contributed by atoms with Gasteiger partial charge in [-0.05, 0) is 70.5 Å². The number of hydrogen-bond acceptors (Lipinski definition) is 6.